The first-order valence-electron chi connectivity index (χ1n) is 8.84. The Hall–Kier alpha value is -2.45. The summed E-state index contributed by atoms with van der Waals surface area (Å²) >= 11 is 0. The maximum Gasteiger partial charge on any atom is 0.305 e. The van der Waals surface area contributed by atoms with E-state index in [0.717, 1.165) is 5.56 Å². The molecule has 1 aromatic carbocycles. The Bertz CT molecular complexity index is 661. The summed E-state index contributed by atoms with van der Waals surface area (Å²) in [5.74, 6) is -2.27. The Kier molecular flexibility index (Phi) is 7.32. The third-order valence-corrected chi connectivity index (χ3v) is 4.01. The van der Waals surface area contributed by atoms with Crippen molar-refractivity contribution in [3.8, 4) is 0 Å². The van der Waals surface area contributed by atoms with Crippen LogP contribution < -0.4 is 10.6 Å². The van der Waals surface area contributed by atoms with Gasteiger partial charge in [-0.1, -0.05) is 30.3 Å². The number of amides is 2. The van der Waals surface area contributed by atoms with E-state index in [-0.39, 0.29) is 18.9 Å². The molecule has 2 rings (SSSR count). The molecule has 0 saturated carbocycles. The van der Waals surface area contributed by atoms with E-state index in [0.29, 0.717) is 13.0 Å². The third-order valence-electron chi connectivity index (χ3n) is 4.01. The highest BCUT2D eigenvalue weighted by atomic mass is 16.8. The number of rotatable bonds is 8. The lowest BCUT2D eigenvalue weighted by Gasteiger charge is -2.16. The van der Waals surface area contributed by atoms with Crippen molar-refractivity contribution in [2.45, 2.75) is 51.2 Å². The molecule has 1 fully saturated rings. The van der Waals surface area contributed by atoms with Crippen molar-refractivity contribution in [2.75, 3.05) is 13.7 Å². The van der Waals surface area contributed by atoms with E-state index in [1.807, 2.05) is 30.3 Å². The molecule has 148 valence electrons. The zero-order valence-electron chi connectivity index (χ0n) is 15.8. The maximum atomic E-state index is 12.5. The SMILES string of the molecule is COC(=O)CCCNC(=O)[C@@H]1OC(C)(C)O[C@H]1C(=O)NCc1ccccc1. The van der Waals surface area contributed by atoms with Crippen molar-refractivity contribution < 1.29 is 28.6 Å². The molecule has 1 heterocycles. The van der Waals surface area contributed by atoms with Crippen LogP contribution in [0.2, 0.25) is 0 Å². The smallest absolute Gasteiger partial charge is 0.305 e. The highest BCUT2D eigenvalue weighted by molar-refractivity contribution is 5.91. The number of hydrogen-bond donors (Lipinski definition) is 2. The Balaban J connectivity index is 1.89. The largest absolute Gasteiger partial charge is 0.469 e. The van der Waals surface area contributed by atoms with E-state index in [2.05, 4.69) is 15.4 Å². The fourth-order valence-corrected chi connectivity index (χ4v) is 2.68. The second-order valence-electron chi connectivity index (χ2n) is 6.65. The fraction of sp³-hybridized carbons (Fsp3) is 0.526. The Morgan fingerprint density at radius 2 is 1.63 bits per heavy atom. The van der Waals surface area contributed by atoms with Crippen LogP contribution >= 0.6 is 0 Å². The number of esters is 1. The zero-order chi connectivity index (χ0) is 19.9. The molecule has 0 unspecified atom stereocenters. The molecule has 1 saturated heterocycles. The molecule has 1 aliphatic rings. The minimum absolute atomic E-state index is 0.200. The Morgan fingerprint density at radius 1 is 1.04 bits per heavy atom. The predicted molar refractivity (Wildman–Crippen MR) is 96.4 cm³/mol. The van der Waals surface area contributed by atoms with Gasteiger partial charge in [0.05, 0.1) is 7.11 Å². The summed E-state index contributed by atoms with van der Waals surface area (Å²) in [6.45, 7) is 3.89. The molecule has 1 aromatic rings. The van der Waals surface area contributed by atoms with Crippen LogP contribution in [-0.4, -0.2) is 49.4 Å². The minimum Gasteiger partial charge on any atom is -0.469 e. The van der Waals surface area contributed by atoms with Gasteiger partial charge in [0.25, 0.3) is 11.8 Å². The van der Waals surface area contributed by atoms with Crippen molar-refractivity contribution >= 4 is 17.8 Å². The Morgan fingerprint density at radius 3 is 2.22 bits per heavy atom. The Labute approximate surface area is 158 Å². The number of nitrogens with one attached hydrogen (secondary N) is 2. The molecule has 1 aliphatic heterocycles. The number of carbonyl (C=O) groups is 3. The van der Waals surface area contributed by atoms with E-state index in [4.69, 9.17) is 9.47 Å². The van der Waals surface area contributed by atoms with Crippen LogP contribution in [0.1, 0.15) is 32.3 Å². The highest BCUT2D eigenvalue weighted by Gasteiger charge is 2.48. The highest BCUT2D eigenvalue weighted by Crippen LogP contribution is 2.28. The van der Waals surface area contributed by atoms with Gasteiger partial charge in [0.1, 0.15) is 0 Å². The van der Waals surface area contributed by atoms with Gasteiger partial charge in [-0.15, -0.1) is 0 Å². The normalized spacial score (nSPS) is 20.7. The summed E-state index contributed by atoms with van der Waals surface area (Å²) in [5.41, 5.74) is 0.938. The van der Waals surface area contributed by atoms with Crippen LogP contribution in [0.5, 0.6) is 0 Å². The number of methoxy groups -OCH3 is 1. The van der Waals surface area contributed by atoms with Crippen LogP contribution in [0.3, 0.4) is 0 Å². The molecule has 2 N–H and O–H groups in total. The molecular formula is C19H26N2O6. The third kappa shape index (κ3) is 6.33. The quantitative estimate of drug-likeness (QED) is 0.514. The van der Waals surface area contributed by atoms with Crippen LogP contribution in [0, 0.1) is 0 Å². The standard InChI is InChI=1S/C19H26N2O6/c1-19(2)26-15(17(23)20-11-7-10-14(22)25-3)16(27-19)18(24)21-12-13-8-5-4-6-9-13/h4-6,8-9,15-16H,7,10-12H2,1-3H3,(H,20,23)(H,21,24)/t15-,16-/m1/s1. The fourth-order valence-electron chi connectivity index (χ4n) is 2.68. The van der Waals surface area contributed by atoms with Crippen molar-refractivity contribution in [2.24, 2.45) is 0 Å². The van der Waals surface area contributed by atoms with Crippen LogP contribution in [0.4, 0.5) is 0 Å². The van der Waals surface area contributed by atoms with Gasteiger partial charge in [-0.25, -0.2) is 0 Å². The molecule has 0 aliphatic carbocycles. The molecule has 0 spiro atoms. The second-order valence-corrected chi connectivity index (χ2v) is 6.65. The molecular weight excluding hydrogens is 352 g/mol. The summed E-state index contributed by atoms with van der Waals surface area (Å²) in [5, 5.41) is 5.44. The number of carbonyl (C=O) groups excluding carboxylic acids is 3. The van der Waals surface area contributed by atoms with Gasteiger partial charge < -0.3 is 24.8 Å². The second kappa shape index (κ2) is 9.48. The molecule has 2 amide bonds. The van der Waals surface area contributed by atoms with Crippen molar-refractivity contribution in [1.82, 2.24) is 10.6 Å². The molecule has 2 atom stereocenters. The van der Waals surface area contributed by atoms with Crippen LogP contribution in [0.15, 0.2) is 30.3 Å². The monoisotopic (exact) mass is 378 g/mol. The summed E-state index contributed by atoms with van der Waals surface area (Å²) < 4.78 is 15.8. The van der Waals surface area contributed by atoms with Gasteiger partial charge in [0.15, 0.2) is 18.0 Å². The number of ether oxygens (including phenoxy) is 3. The van der Waals surface area contributed by atoms with Gasteiger partial charge in [0, 0.05) is 19.5 Å². The average Bonchev–Trinajstić information content (AvgIpc) is 2.99. The van der Waals surface area contributed by atoms with Gasteiger partial charge >= 0.3 is 5.97 Å². The van der Waals surface area contributed by atoms with Crippen LogP contribution in [0.25, 0.3) is 0 Å². The van der Waals surface area contributed by atoms with Gasteiger partial charge in [-0.05, 0) is 25.8 Å². The number of hydrogen-bond acceptors (Lipinski definition) is 6. The molecule has 8 heteroatoms. The van der Waals surface area contributed by atoms with E-state index in [1.165, 1.54) is 7.11 Å². The van der Waals surface area contributed by atoms with Crippen molar-refractivity contribution in [3.63, 3.8) is 0 Å². The molecule has 0 aromatic heterocycles. The van der Waals surface area contributed by atoms with Gasteiger partial charge in [0.2, 0.25) is 0 Å². The predicted octanol–water partition coefficient (Wildman–Crippen LogP) is 0.892. The minimum atomic E-state index is -1.06. The van der Waals surface area contributed by atoms with E-state index in [9.17, 15) is 14.4 Å². The number of benzene rings is 1. The van der Waals surface area contributed by atoms with Gasteiger partial charge in [-0.2, -0.15) is 0 Å². The first kappa shape index (κ1) is 20.9. The molecule has 27 heavy (non-hydrogen) atoms. The summed E-state index contributed by atoms with van der Waals surface area (Å²) in [4.78, 5) is 36.0. The topological polar surface area (TPSA) is 103 Å². The summed E-state index contributed by atoms with van der Waals surface area (Å²) in [6.07, 6.45) is -1.48. The first-order chi connectivity index (χ1) is 12.8. The van der Waals surface area contributed by atoms with Gasteiger partial charge in [-0.3, -0.25) is 14.4 Å². The first-order valence-corrected chi connectivity index (χ1v) is 8.84. The molecule has 8 nitrogen and oxygen atoms in total. The van der Waals surface area contributed by atoms with E-state index in [1.54, 1.807) is 13.8 Å². The van der Waals surface area contributed by atoms with E-state index >= 15 is 0 Å². The average molecular weight is 378 g/mol. The zero-order valence-corrected chi connectivity index (χ0v) is 15.8. The molecule has 0 radical (unpaired) electrons. The summed E-state index contributed by atoms with van der Waals surface area (Å²) in [7, 11) is 1.31. The van der Waals surface area contributed by atoms with Crippen LogP contribution in [-0.2, 0) is 35.1 Å². The lowest BCUT2D eigenvalue weighted by molar-refractivity contribution is -0.159. The lowest BCUT2D eigenvalue weighted by atomic mass is 10.1. The summed E-state index contributed by atoms with van der Waals surface area (Å²) in [6, 6.07) is 9.43. The molecule has 0 bridgehead atoms. The maximum absolute atomic E-state index is 12.5. The van der Waals surface area contributed by atoms with Crippen molar-refractivity contribution in [3.05, 3.63) is 35.9 Å². The van der Waals surface area contributed by atoms with Crippen molar-refractivity contribution in [1.29, 1.82) is 0 Å². The van der Waals surface area contributed by atoms with E-state index < -0.39 is 29.8 Å². The lowest BCUT2D eigenvalue weighted by Crippen LogP contribution is -2.47.